The number of ether oxygens (including phenoxy) is 1. The molecule has 0 aliphatic carbocycles. The van der Waals surface area contributed by atoms with Gasteiger partial charge >= 0.3 is 6.09 Å². The summed E-state index contributed by atoms with van der Waals surface area (Å²) in [5.41, 5.74) is 4.75. The lowest BCUT2D eigenvalue weighted by Gasteiger charge is -2.47. The first-order valence-corrected chi connectivity index (χ1v) is 13.6. The molecule has 39 heavy (non-hydrogen) atoms. The number of hydrogen-bond donors (Lipinski definition) is 2. The fourth-order valence-corrected chi connectivity index (χ4v) is 6.20. The van der Waals surface area contributed by atoms with Gasteiger partial charge in [0.25, 0.3) is 0 Å². The summed E-state index contributed by atoms with van der Waals surface area (Å²) in [5, 5.41) is 23.3. The Morgan fingerprint density at radius 3 is 2.46 bits per heavy atom. The molecule has 2 aliphatic heterocycles. The Balaban J connectivity index is 1.42. The quantitative estimate of drug-likeness (QED) is 0.436. The molecule has 1 amide bonds. The van der Waals surface area contributed by atoms with E-state index in [-0.39, 0.29) is 11.5 Å². The summed E-state index contributed by atoms with van der Waals surface area (Å²) < 4.78 is 5.83. The van der Waals surface area contributed by atoms with Gasteiger partial charge in [0.1, 0.15) is 17.4 Å². The van der Waals surface area contributed by atoms with E-state index in [1.165, 1.54) is 0 Å². The van der Waals surface area contributed by atoms with E-state index in [1.807, 2.05) is 38.1 Å². The predicted molar refractivity (Wildman–Crippen MR) is 151 cm³/mol. The van der Waals surface area contributed by atoms with Gasteiger partial charge in [0.2, 0.25) is 0 Å². The summed E-state index contributed by atoms with van der Waals surface area (Å²) in [6.07, 6.45) is 3.10. The van der Waals surface area contributed by atoms with Crippen molar-refractivity contribution in [2.75, 3.05) is 43.5 Å². The molecule has 2 saturated heterocycles. The molecule has 5 rings (SSSR count). The van der Waals surface area contributed by atoms with Gasteiger partial charge in [0.15, 0.2) is 0 Å². The predicted octanol–water partition coefficient (Wildman–Crippen LogP) is 5.66. The molecule has 0 unspecified atom stereocenters. The van der Waals surface area contributed by atoms with Crippen molar-refractivity contribution in [2.45, 2.75) is 52.5 Å². The fraction of sp³-hybridized carbons (Fsp3) is 0.467. The highest BCUT2D eigenvalue weighted by Gasteiger charge is 2.39. The lowest BCUT2D eigenvalue weighted by molar-refractivity contribution is 0.0735. The summed E-state index contributed by atoms with van der Waals surface area (Å²) in [6, 6.07) is 12.1. The summed E-state index contributed by atoms with van der Waals surface area (Å²) in [7, 11) is 1.69. The number of hydrogen-bond acceptors (Lipinski definition) is 7. The first kappa shape index (κ1) is 26.5. The van der Waals surface area contributed by atoms with Crippen molar-refractivity contribution in [1.82, 2.24) is 14.9 Å². The lowest BCUT2D eigenvalue weighted by Crippen LogP contribution is -2.48. The van der Waals surface area contributed by atoms with Crippen molar-refractivity contribution in [1.29, 1.82) is 5.26 Å². The minimum atomic E-state index is -0.813. The highest BCUT2D eigenvalue weighted by atomic mass is 16.5. The minimum absolute atomic E-state index is 0.0622. The van der Waals surface area contributed by atoms with Gasteiger partial charge in [-0.25, -0.2) is 14.8 Å². The maximum Gasteiger partial charge on any atom is 0.407 e. The third kappa shape index (κ3) is 5.16. The van der Waals surface area contributed by atoms with E-state index in [4.69, 9.17) is 14.7 Å². The van der Waals surface area contributed by atoms with Crippen LogP contribution in [0.15, 0.2) is 30.3 Å². The van der Waals surface area contributed by atoms with Crippen LogP contribution in [0.4, 0.5) is 16.3 Å². The Morgan fingerprint density at radius 2 is 1.82 bits per heavy atom. The average Bonchev–Trinajstić information content (AvgIpc) is 2.93. The zero-order chi connectivity index (χ0) is 27.7. The summed E-state index contributed by atoms with van der Waals surface area (Å²) in [6.45, 7) is 8.97. The monoisotopic (exact) mass is 528 g/mol. The number of nitriles is 1. The number of carboxylic acid groups (broad SMARTS) is 1. The number of anilines is 2. The van der Waals surface area contributed by atoms with Crippen LogP contribution < -0.4 is 15.0 Å². The van der Waals surface area contributed by atoms with Crippen molar-refractivity contribution >= 4 is 28.5 Å². The van der Waals surface area contributed by atoms with Crippen LogP contribution in [0.3, 0.4) is 0 Å². The normalized spacial score (nSPS) is 17.6. The van der Waals surface area contributed by atoms with E-state index in [0.717, 1.165) is 78.1 Å². The van der Waals surface area contributed by atoms with Gasteiger partial charge in [0, 0.05) is 37.6 Å². The number of amides is 1. The highest BCUT2D eigenvalue weighted by molar-refractivity contribution is 5.94. The van der Waals surface area contributed by atoms with E-state index < -0.39 is 6.09 Å². The molecule has 0 bridgehead atoms. The maximum absolute atomic E-state index is 11.4. The van der Waals surface area contributed by atoms with Crippen LogP contribution in [-0.4, -0.2) is 59.4 Å². The maximum atomic E-state index is 11.4. The van der Waals surface area contributed by atoms with E-state index in [0.29, 0.717) is 24.5 Å². The molecule has 1 aromatic heterocycles. The largest absolute Gasteiger partial charge is 0.495 e. The number of rotatable bonds is 5. The Labute approximate surface area is 229 Å². The zero-order valence-corrected chi connectivity index (χ0v) is 23.1. The van der Waals surface area contributed by atoms with E-state index >= 15 is 0 Å². The summed E-state index contributed by atoms with van der Waals surface area (Å²) in [4.78, 5) is 24.7. The van der Waals surface area contributed by atoms with Gasteiger partial charge < -0.3 is 25.0 Å². The Hall–Kier alpha value is -4.06. The van der Waals surface area contributed by atoms with Crippen molar-refractivity contribution in [3.63, 3.8) is 0 Å². The zero-order valence-electron chi connectivity index (χ0n) is 23.1. The molecular formula is C30H36N6O3. The van der Waals surface area contributed by atoms with E-state index in [1.54, 1.807) is 12.0 Å². The molecule has 3 aromatic rings. The molecule has 9 heteroatoms. The molecule has 2 N–H and O–H groups in total. The van der Waals surface area contributed by atoms with Crippen LogP contribution in [-0.2, 0) is 0 Å². The number of aromatic nitrogens is 2. The second-order valence-electron chi connectivity index (χ2n) is 10.9. The molecule has 9 nitrogen and oxygen atoms in total. The van der Waals surface area contributed by atoms with E-state index in [9.17, 15) is 15.2 Å². The minimum Gasteiger partial charge on any atom is -0.495 e. The van der Waals surface area contributed by atoms with Crippen molar-refractivity contribution in [3.05, 3.63) is 52.8 Å². The number of aryl methyl sites for hydroxylation is 1. The van der Waals surface area contributed by atoms with Crippen LogP contribution in [0.25, 0.3) is 10.9 Å². The molecule has 204 valence electrons. The van der Waals surface area contributed by atoms with Gasteiger partial charge in [-0.15, -0.1) is 0 Å². The molecule has 2 aromatic carbocycles. The molecule has 3 heterocycles. The second kappa shape index (κ2) is 10.6. The standard InChI is InChI=1S/C30H36N6O3/c1-19-22(18-31)6-5-7-23(19)20(2)32-28-24-16-26(27(39-4)17-25(24)33-21(3)34-28)35-12-8-30(9-13-35)10-14-36(15-11-30)29(37)38/h5-7,16-17,20H,8-15H2,1-4H3,(H,37,38)(H,32,33,34)/t20-/m1/s1. The van der Waals surface area contributed by atoms with Crippen molar-refractivity contribution in [2.24, 2.45) is 5.41 Å². The molecule has 2 aliphatic rings. The highest BCUT2D eigenvalue weighted by Crippen LogP contribution is 2.44. The van der Waals surface area contributed by atoms with E-state index in [2.05, 4.69) is 29.3 Å². The number of nitrogens with zero attached hydrogens (tertiary/aromatic N) is 5. The molecular weight excluding hydrogens is 492 g/mol. The van der Waals surface area contributed by atoms with Gasteiger partial charge in [-0.05, 0) is 75.1 Å². The smallest absolute Gasteiger partial charge is 0.407 e. The molecule has 1 spiro atoms. The number of piperidine rings is 2. The molecule has 0 radical (unpaired) electrons. The Kier molecular flexibility index (Phi) is 7.21. The topological polar surface area (TPSA) is 115 Å². The van der Waals surface area contributed by atoms with Crippen LogP contribution in [0, 0.1) is 30.6 Å². The number of carbonyl (C=O) groups is 1. The van der Waals surface area contributed by atoms with Crippen LogP contribution >= 0.6 is 0 Å². The van der Waals surface area contributed by atoms with Crippen LogP contribution in [0.2, 0.25) is 0 Å². The third-order valence-corrected chi connectivity index (χ3v) is 8.68. The number of nitrogens with one attached hydrogen (secondary N) is 1. The molecule has 1 atom stereocenters. The van der Waals surface area contributed by atoms with Crippen molar-refractivity contribution in [3.8, 4) is 11.8 Å². The fourth-order valence-electron chi connectivity index (χ4n) is 6.20. The number of fused-ring (bicyclic) bond motifs is 1. The number of likely N-dealkylation sites (tertiary alicyclic amines) is 1. The van der Waals surface area contributed by atoms with Crippen molar-refractivity contribution < 1.29 is 14.6 Å². The summed E-state index contributed by atoms with van der Waals surface area (Å²) in [5.74, 6) is 2.21. The Morgan fingerprint density at radius 1 is 1.13 bits per heavy atom. The molecule has 0 saturated carbocycles. The Bertz CT molecular complexity index is 1430. The third-order valence-electron chi connectivity index (χ3n) is 8.68. The second-order valence-corrected chi connectivity index (χ2v) is 10.9. The first-order chi connectivity index (χ1) is 18.7. The molecule has 2 fully saturated rings. The SMILES string of the molecule is COc1cc2nc(C)nc(N[C@H](C)c3cccc(C#N)c3C)c2cc1N1CCC2(CCN(C(=O)O)CC2)CC1. The van der Waals surface area contributed by atoms with Gasteiger partial charge in [0.05, 0.1) is 36.0 Å². The van der Waals surface area contributed by atoms with Crippen LogP contribution in [0.5, 0.6) is 5.75 Å². The number of benzene rings is 2. The van der Waals surface area contributed by atoms with Crippen LogP contribution in [0.1, 0.15) is 61.2 Å². The summed E-state index contributed by atoms with van der Waals surface area (Å²) >= 11 is 0. The van der Waals surface area contributed by atoms with Gasteiger partial charge in [-0.2, -0.15) is 5.26 Å². The van der Waals surface area contributed by atoms with Gasteiger partial charge in [-0.3, -0.25) is 0 Å². The number of methoxy groups -OCH3 is 1. The lowest BCUT2D eigenvalue weighted by atomic mass is 9.71. The average molecular weight is 529 g/mol. The first-order valence-electron chi connectivity index (χ1n) is 13.6. The van der Waals surface area contributed by atoms with Gasteiger partial charge in [-0.1, -0.05) is 12.1 Å².